The number of carbonyl (C=O) groups excluding carboxylic acids is 2. The fourth-order valence-electron chi connectivity index (χ4n) is 2.29. The summed E-state index contributed by atoms with van der Waals surface area (Å²) >= 11 is 7.12. The summed E-state index contributed by atoms with van der Waals surface area (Å²) < 4.78 is 0.590. The van der Waals surface area contributed by atoms with Crippen LogP contribution in [-0.4, -0.2) is 11.7 Å². The minimum absolute atomic E-state index is 0.0451. The third-order valence-corrected chi connectivity index (χ3v) is 4.80. The van der Waals surface area contributed by atoms with Crippen molar-refractivity contribution in [2.45, 2.75) is 19.3 Å². The van der Waals surface area contributed by atoms with E-state index in [4.69, 9.17) is 11.6 Å². The van der Waals surface area contributed by atoms with Gasteiger partial charge in [-0.3, -0.25) is 9.59 Å². The molecule has 1 aromatic carbocycles. The summed E-state index contributed by atoms with van der Waals surface area (Å²) in [6.07, 6.45) is 0. The van der Waals surface area contributed by atoms with E-state index < -0.39 is 5.41 Å². The number of hydrogen-bond acceptors (Lipinski definition) is 3. The summed E-state index contributed by atoms with van der Waals surface area (Å²) in [6.45, 7) is 3.70. The number of fused-ring (bicyclic) bond motifs is 1. The summed E-state index contributed by atoms with van der Waals surface area (Å²) in [5.41, 5.74) is 1.60. The highest BCUT2D eigenvalue weighted by Crippen LogP contribution is 2.38. The molecule has 1 aliphatic heterocycles. The molecule has 102 valence electrons. The van der Waals surface area contributed by atoms with E-state index in [0.29, 0.717) is 14.8 Å². The van der Waals surface area contributed by atoms with Gasteiger partial charge in [-0.1, -0.05) is 11.6 Å². The average Bonchev–Trinajstić information content (AvgIpc) is 2.92. The highest BCUT2D eigenvalue weighted by molar-refractivity contribution is 7.18. The molecule has 2 heterocycles. The first-order chi connectivity index (χ1) is 9.39. The third kappa shape index (κ3) is 1.96. The number of amides is 1. The zero-order chi connectivity index (χ0) is 14.5. The second kappa shape index (κ2) is 4.43. The molecule has 1 N–H and O–H groups in total. The molecule has 0 atom stereocenters. The number of nitrogens with one attached hydrogen (secondary N) is 1. The number of anilines is 1. The molecule has 0 aliphatic carbocycles. The van der Waals surface area contributed by atoms with Gasteiger partial charge >= 0.3 is 0 Å². The van der Waals surface area contributed by atoms with Gasteiger partial charge in [-0.15, -0.1) is 11.3 Å². The zero-order valence-electron chi connectivity index (χ0n) is 11.0. The lowest BCUT2D eigenvalue weighted by atomic mass is 9.85. The van der Waals surface area contributed by atoms with Gasteiger partial charge in [-0.05, 0) is 49.7 Å². The lowest BCUT2D eigenvalue weighted by Crippen LogP contribution is -2.27. The quantitative estimate of drug-likeness (QED) is 0.856. The van der Waals surface area contributed by atoms with E-state index in [2.05, 4.69) is 5.32 Å². The number of benzene rings is 1. The van der Waals surface area contributed by atoms with Gasteiger partial charge in [0.2, 0.25) is 11.7 Å². The Hall–Kier alpha value is -1.65. The van der Waals surface area contributed by atoms with Crippen LogP contribution in [0.15, 0.2) is 30.3 Å². The van der Waals surface area contributed by atoms with Crippen molar-refractivity contribution in [1.29, 1.82) is 0 Å². The fraction of sp³-hybridized carbons (Fsp3) is 0.200. The van der Waals surface area contributed by atoms with Gasteiger partial charge in [0.25, 0.3) is 0 Å². The highest BCUT2D eigenvalue weighted by atomic mass is 35.5. The molecule has 3 rings (SSSR count). The Morgan fingerprint density at radius 1 is 1.25 bits per heavy atom. The van der Waals surface area contributed by atoms with Crippen LogP contribution in [0.4, 0.5) is 5.69 Å². The lowest BCUT2D eigenvalue weighted by molar-refractivity contribution is -0.119. The Morgan fingerprint density at radius 3 is 2.65 bits per heavy atom. The van der Waals surface area contributed by atoms with Crippen molar-refractivity contribution in [2.75, 3.05) is 5.32 Å². The highest BCUT2D eigenvalue weighted by Gasteiger charge is 2.38. The van der Waals surface area contributed by atoms with E-state index >= 15 is 0 Å². The number of carbonyl (C=O) groups is 2. The van der Waals surface area contributed by atoms with Crippen LogP contribution in [0, 0.1) is 0 Å². The molecule has 0 unspecified atom stereocenters. The Balaban J connectivity index is 2.04. The molecule has 3 nitrogen and oxygen atoms in total. The Morgan fingerprint density at radius 2 is 2.00 bits per heavy atom. The molecule has 2 aromatic rings. The monoisotopic (exact) mass is 305 g/mol. The van der Waals surface area contributed by atoms with Crippen molar-refractivity contribution in [2.24, 2.45) is 0 Å². The number of halogens is 1. The molecule has 0 radical (unpaired) electrons. The molecule has 0 saturated carbocycles. The molecule has 0 spiro atoms. The number of hydrogen-bond donors (Lipinski definition) is 1. The molecule has 20 heavy (non-hydrogen) atoms. The maximum atomic E-state index is 12.4. The van der Waals surface area contributed by atoms with Crippen LogP contribution in [0.2, 0.25) is 4.34 Å². The lowest BCUT2D eigenvalue weighted by Gasteiger charge is -2.15. The molecule has 1 aromatic heterocycles. The summed E-state index contributed by atoms with van der Waals surface area (Å²) in [4.78, 5) is 24.9. The first-order valence-electron chi connectivity index (χ1n) is 6.15. The number of rotatable bonds is 2. The second-order valence-corrected chi connectivity index (χ2v) is 6.99. The molecule has 1 amide bonds. The topological polar surface area (TPSA) is 46.2 Å². The molecule has 0 fully saturated rings. The largest absolute Gasteiger partial charge is 0.325 e. The molecule has 0 bridgehead atoms. The van der Waals surface area contributed by atoms with E-state index in [0.717, 1.165) is 11.3 Å². The standard InChI is InChI=1S/C15H12ClNO2S/c1-15(2)9-7-8(3-4-10(9)17-14(15)19)13(18)11-5-6-12(16)20-11/h3-7H,1-2H3,(H,17,19). The number of ketones is 1. The van der Waals surface area contributed by atoms with E-state index in [1.807, 2.05) is 13.8 Å². The Labute approximate surface area is 125 Å². The van der Waals surface area contributed by atoms with Crippen LogP contribution in [0.25, 0.3) is 0 Å². The van der Waals surface area contributed by atoms with Gasteiger partial charge in [-0.2, -0.15) is 0 Å². The maximum Gasteiger partial charge on any atom is 0.234 e. The molecular weight excluding hydrogens is 294 g/mol. The Bertz CT molecular complexity index is 733. The predicted molar refractivity (Wildman–Crippen MR) is 80.9 cm³/mol. The molecule has 5 heteroatoms. The van der Waals surface area contributed by atoms with Gasteiger partial charge in [0.15, 0.2) is 0 Å². The van der Waals surface area contributed by atoms with Crippen LogP contribution in [-0.2, 0) is 10.2 Å². The second-order valence-electron chi connectivity index (χ2n) is 5.27. The van der Waals surface area contributed by atoms with E-state index in [9.17, 15) is 9.59 Å². The van der Waals surface area contributed by atoms with Crippen molar-refractivity contribution in [3.63, 3.8) is 0 Å². The van der Waals surface area contributed by atoms with Crippen molar-refractivity contribution in [1.82, 2.24) is 0 Å². The first kappa shape index (κ1) is 13.3. The fourth-order valence-corrected chi connectivity index (χ4v) is 3.30. The predicted octanol–water partition coefficient (Wildman–Crippen LogP) is 3.86. The minimum Gasteiger partial charge on any atom is -0.325 e. The van der Waals surface area contributed by atoms with Crippen molar-refractivity contribution < 1.29 is 9.59 Å². The van der Waals surface area contributed by atoms with Crippen LogP contribution in [0.5, 0.6) is 0 Å². The Kier molecular flexibility index (Phi) is 2.96. The van der Waals surface area contributed by atoms with Crippen LogP contribution in [0.3, 0.4) is 0 Å². The van der Waals surface area contributed by atoms with Crippen molar-refractivity contribution in [3.8, 4) is 0 Å². The van der Waals surface area contributed by atoms with E-state index in [-0.39, 0.29) is 11.7 Å². The minimum atomic E-state index is -0.612. The summed E-state index contributed by atoms with van der Waals surface area (Å²) in [5.74, 6) is -0.115. The molecule has 1 aliphatic rings. The smallest absolute Gasteiger partial charge is 0.234 e. The van der Waals surface area contributed by atoms with E-state index in [1.165, 1.54) is 11.3 Å². The average molecular weight is 306 g/mol. The summed E-state index contributed by atoms with van der Waals surface area (Å²) in [6, 6.07) is 8.74. The normalized spacial score (nSPS) is 15.8. The van der Waals surface area contributed by atoms with Gasteiger partial charge in [-0.25, -0.2) is 0 Å². The van der Waals surface area contributed by atoms with Gasteiger partial charge in [0.1, 0.15) is 0 Å². The summed E-state index contributed by atoms with van der Waals surface area (Å²) in [7, 11) is 0. The SMILES string of the molecule is CC1(C)C(=O)Nc2ccc(C(=O)c3ccc(Cl)s3)cc21. The first-order valence-corrected chi connectivity index (χ1v) is 7.35. The maximum absolute atomic E-state index is 12.4. The van der Waals surface area contributed by atoms with Crippen molar-refractivity contribution in [3.05, 3.63) is 50.7 Å². The third-order valence-electron chi connectivity index (χ3n) is 3.57. The van der Waals surface area contributed by atoms with Gasteiger partial charge in [0, 0.05) is 11.3 Å². The van der Waals surface area contributed by atoms with Crippen LogP contribution >= 0.6 is 22.9 Å². The zero-order valence-corrected chi connectivity index (χ0v) is 12.6. The van der Waals surface area contributed by atoms with Crippen LogP contribution < -0.4 is 5.32 Å². The van der Waals surface area contributed by atoms with Crippen molar-refractivity contribution >= 4 is 40.3 Å². The molecular formula is C15H12ClNO2S. The van der Waals surface area contributed by atoms with E-state index in [1.54, 1.807) is 30.3 Å². The van der Waals surface area contributed by atoms with Gasteiger partial charge < -0.3 is 5.32 Å². The van der Waals surface area contributed by atoms with Crippen LogP contribution in [0.1, 0.15) is 34.6 Å². The summed E-state index contributed by atoms with van der Waals surface area (Å²) in [5, 5.41) is 2.83. The van der Waals surface area contributed by atoms with Gasteiger partial charge in [0.05, 0.1) is 14.6 Å². The molecule has 0 saturated heterocycles. The number of thiophene rings is 1.